The molecule has 0 saturated carbocycles. The van der Waals surface area contributed by atoms with Crippen LogP contribution in [-0.4, -0.2) is 11.7 Å². The van der Waals surface area contributed by atoms with E-state index >= 15 is 0 Å². The maximum Gasteiger partial charge on any atom is 0.123 e. The summed E-state index contributed by atoms with van der Waals surface area (Å²) >= 11 is 0. The third-order valence-electron chi connectivity index (χ3n) is 3.62. The molecule has 0 fully saturated rings. The van der Waals surface area contributed by atoms with Gasteiger partial charge in [0.25, 0.3) is 0 Å². The van der Waals surface area contributed by atoms with Gasteiger partial charge < -0.3 is 5.11 Å². The van der Waals surface area contributed by atoms with Gasteiger partial charge in [0.05, 0.1) is 0 Å². The molecule has 0 bridgehead atoms. The van der Waals surface area contributed by atoms with Gasteiger partial charge in [-0.2, -0.15) is 0 Å². The molecule has 1 unspecified atom stereocenters. The number of hydrogen-bond acceptors (Lipinski definition) is 1. The average molecular weight is 272 g/mol. The highest BCUT2D eigenvalue weighted by Gasteiger charge is 2.08. The Morgan fingerprint density at radius 3 is 2.25 bits per heavy atom. The molecule has 0 aliphatic heterocycles. The van der Waals surface area contributed by atoms with Crippen molar-refractivity contribution in [2.75, 3.05) is 6.61 Å². The Bertz CT molecular complexity index is 493. The summed E-state index contributed by atoms with van der Waals surface area (Å²) in [5, 5.41) is 9.47. The predicted molar refractivity (Wildman–Crippen MR) is 80.1 cm³/mol. The number of hydrogen-bond donors (Lipinski definition) is 1. The summed E-state index contributed by atoms with van der Waals surface area (Å²) in [6, 6.07) is 17.0. The fraction of sp³-hybridized carbons (Fsp3) is 0.333. The van der Waals surface area contributed by atoms with E-state index in [2.05, 4.69) is 24.3 Å². The number of halogens is 1. The molecule has 0 aliphatic carbocycles. The minimum Gasteiger partial charge on any atom is -0.396 e. The third-order valence-corrected chi connectivity index (χ3v) is 3.62. The van der Waals surface area contributed by atoms with Crippen molar-refractivity contribution in [3.63, 3.8) is 0 Å². The molecule has 2 aromatic carbocycles. The predicted octanol–water partition coefficient (Wildman–Crippen LogP) is 4.00. The van der Waals surface area contributed by atoms with E-state index in [1.807, 2.05) is 6.07 Å². The molecule has 0 saturated heterocycles. The molecule has 20 heavy (non-hydrogen) atoms. The Kier molecular flexibility index (Phi) is 5.75. The lowest BCUT2D eigenvalue weighted by Gasteiger charge is -2.14. The average Bonchev–Trinajstić information content (AvgIpc) is 2.49. The molecule has 0 aliphatic rings. The molecular weight excluding hydrogens is 251 g/mol. The Hall–Kier alpha value is -1.67. The zero-order valence-electron chi connectivity index (χ0n) is 11.6. The van der Waals surface area contributed by atoms with E-state index in [-0.39, 0.29) is 18.3 Å². The van der Waals surface area contributed by atoms with Gasteiger partial charge in [-0.25, -0.2) is 4.39 Å². The SMILES string of the molecule is OCC(CCCc1ccccc1)Cc1ccc(F)cc1. The van der Waals surface area contributed by atoms with Crippen molar-refractivity contribution in [2.24, 2.45) is 5.92 Å². The van der Waals surface area contributed by atoms with Crippen molar-refractivity contribution in [3.8, 4) is 0 Å². The second-order valence-corrected chi connectivity index (χ2v) is 5.26. The Balaban J connectivity index is 1.79. The van der Waals surface area contributed by atoms with Crippen LogP contribution < -0.4 is 0 Å². The van der Waals surface area contributed by atoms with Crippen molar-refractivity contribution in [2.45, 2.75) is 25.7 Å². The summed E-state index contributed by atoms with van der Waals surface area (Å²) in [7, 11) is 0. The van der Waals surface area contributed by atoms with Crippen molar-refractivity contribution in [3.05, 3.63) is 71.5 Å². The summed E-state index contributed by atoms with van der Waals surface area (Å²) in [5.74, 6) is 0.0440. The molecule has 2 aromatic rings. The highest BCUT2D eigenvalue weighted by atomic mass is 19.1. The van der Waals surface area contributed by atoms with E-state index in [0.717, 1.165) is 31.2 Å². The minimum atomic E-state index is -0.210. The second-order valence-electron chi connectivity index (χ2n) is 5.26. The lowest BCUT2D eigenvalue weighted by atomic mass is 9.94. The standard InChI is InChI=1S/C18H21FO/c19-18-11-9-16(10-12-18)13-17(14-20)8-4-7-15-5-2-1-3-6-15/h1-3,5-6,9-12,17,20H,4,7-8,13-14H2. The molecule has 1 atom stereocenters. The summed E-state index contributed by atoms with van der Waals surface area (Å²) in [6.07, 6.45) is 3.91. The summed E-state index contributed by atoms with van der Waals surface area (Å²) in [6.45, 7) is 0.187. The maximum absolute atomic E-state index is 12.8. The fourth-order valence-corrected chi connectivity index (χ4v) is 2.45. The first kappa shape index (κ1) is 14.7. The van der Waals surface area contributed by atoms with Crippen molar-refractivity contribution < 1.29 is 9.50 Å². The summed E-state index contributed by atoms with van der Waals surface area (Å²) < 4.78 is 12.8. The molecule has 106 valence electrons. The van der Waals surface area contributed by atoms with Crippen LogP contribution in [0.2, 0.25) is 0 Å². The minimum absolute atomic E-state index is 0.187. The normalized spacial score (nSPS) is 12.3. The van der Waals surface area contributed by atoms with Gasteiger partial charge in [0.1, 0.15) is 5.82 Å². The summed E-state index contributed by atoms with van der Waals surface area (Å²) in [4.78, 5) is 0. The van der Waals surface area contributed by atoms with Crippen LogP contribution in [0, 0.1) is 11.7 Å². The third kappa shape index (κ3) is 4.78. The van der Waals surface area contributed by atoms with Gasteiger partial charge in [-0.05, 0) is 54.9 Å². The van der Waals surface area contributed by atoms with E-state index in [9.17, 15) is 9.50 Å². The van der Waals surface area contributed by atoms with Crippen LogP contribution in [0.15, 0.2) is 54.6 Å². The number of rotatable bonds is 7. The topological polar surface area (TPSA) is 20.2 Å². The number of benzene rings is 2. The van der Waals surface area contributed by atoms with Crippen LogP contribution in [0.1, 0.15) is 24.0 Å². The Morgan fingerprint density at radius 1 is 0.900 bits per heavy atom. The first-order valence-electron chi connectivity index (χ1n) is 7.17. The van der Waals surface area contributed by atoms with Crippen LogP contribution in [0.5, 0.6) is 0 Å². The van der Waals surface area contributed by atoms with Crippen LogP contribution in [-0.2, 0) is 12.8 Å². The molecule has 0 amide bonds. The maximum atomic E-state index is 12.8. The zero-order chi connectivity index (χ0) is 14.2. The Morgan fingerprint density at radius 2 is 1.60 bits per heavy atom. The summed E-state index contributed by atoms with van der Waals surface area (Å²) in [5.41, 5.74) is 2.43. The monoisotopic (exact) mass is 272 g/mol. The molecule has 0 heterocycles. The van der Waals surface area contributed by atoms with Gasteiger partial charge in [0.2, 0.25) is 0 Å². The second kappa shape index (κ2) is 7.81. The van der Waals surface area contributed by atoms with Crippen molar-refractivity contribution in [1.82, 2.24) is 0 Å². The first-order chi connectivity index (χ1) is 9.78. The van der Waals surface area contributed by atoms with E-state index < -0.39 is 0 Å². The van der Waals surface area contributed by atoms with Crippen LogP contribution in [0.3, 0.4) is 0 Å². The Labute approximate surface area is 120 Å². The van der Waals surface area contributed by atoms with E-state index in [0.29, 0.717) is 0 Å². The molecular formula is C18H21FO. The van der Waals surface area contributed by atoms with Crippen molar-refractivity contribution in [1.29, 1.82) is 0 Å². The lowest BCUT2D eigenvalue weighted by molar-refractivity contribution is 0.216. The van der Waals surface area contributed by atoms with E-state index in [1.165, 1.54) is 17.7 Å². The quantitative estimate of drug-likeness (QED) is 0.807. The smallest absolute Gasteiger partial charge is 0.123 e. The highest BCUT2D eigenvalue weighted by Crippen LogP contribution is 2.16. The molecule has 2 rings (SSSR count). The largest absolute Gasteiger partial charge is 0.396 e. The molecule has 1 N–H and O–H groups in total. The van der Waals surface area contributed by atoms with Gasteiger partial charge in [-0.15, -0.1) is 0 Å². The van der Waals surface area contributed by atoms with Gasteiger partial charge >= 0.3 is 0 Å². The van der Waals surface area contributed by atoms with Gasteiger partial charge in [-0.3, -0.25) is 0 Å². The first-order valence-corrected chi connectivity index (χ1v) is 7.17. The van der Waals surface area contributed by atoms with E-state index in [4.69, 9.17) is 0 Å². The molecule has 0 radical (unpaired) electrons. The molecule has 2 heteroatoms. The zero-order valence-corrected chi connectivity index (χ0v) is 11.6. The highest BCUT2D eigenvalue weighted by molar-refractivity contribution is 5.17. The van der Waals surface area contributed by atoms with Crippen LogP contribution >= 0.6 is 0 Å². The number of aryl methyl sites for hydroxylation is 1. The number of aliphatic hydroxyl groups excluding tert-OH is 1. The van der Waals surface area contributed by atoms with Gasteiger partial charge in [0.15, 0.2) is 0 Å². The van der Waals surface area contributed by atoms with Crippen LogP contribution in [0.4, 0.5) is 4.39 Å². The number of aliphatic hydroxyl groups is 1. The fourth-order valence-electron chi connectivity index (χ4n) is 2.45. The molecule has 0 aromatic heterocycles. The van der Waals surface area contributed by atoms with Crippen molar-refractivity contribution >= 4 is 0 Å². The van der Waals surface area contributed by atoms with Gasteiger partial charge in [0, 0.05) is 6.61 Å². The van der Waals surface area contributed by atoms with Crippen LogP contribution in [0.25, 0.3) is 0 Å². The van der Waals surface area contributed by atoms with Gasteiger partial charge in [-0.1, -0.05) is 42.5 Å². The molecule has 0 spiro atoms. The van der Waals surface area contributed by atoms with E-state index in [1.54, 1.807) is 12.1 Å². The lowest BCUT2D eigenvalue weighted by Crippen LogP contribution is -2.10. The molecule has 1 nitrogen and oxygen atoms in total.